The lowest BCUT2D eigenvalue weighted by Crippen LogP contribution is -2.28. The number of carboxylic acids is 1. The Morgan fingerprint density at radius 1 is 1.24 bits per heavy atom. The van der Waals surface area contributed by atoms with Crippen molar-refractivity contribution >= 4 is 5.97 Å². The standard InChI is InChI=1S/C17H19NO3/c1-12-10-14(8-9-15(12)21-2)16(17(19)20)18-11-13-6-4-3-5-7-13/h3-10,16,18H,11H2,1-2H3,(H,19,20). The molecule has 0 bridgehead atoms. The highest BCUT2D eigenvalue weighted by Gasteiger charge is 2.19. The lowest BCUT2D eigenvalue weighted by Gasteiger charge is -2.16. The van der Waals surface area contributed by atoms with Crippen LogP contribution in [0.5, 0.6) is 5.75 Å². The van der Waals surface area contributed by atoms with Crippen LogP contribution in [0.1, 0.15) is 22.7 Å². The molecule has 0 saturated carbocycles. The van der Waals surface area contributed by atoms with E-state index >= 15 is 0 Å². The molecule has 2 aromatic rings. The van der Waals surface area contributed by atoms with E-state index in [0.29, 0.717) is 6.54 Å². The second kappa shape index (κ2) is 6.90. The van der Waals surface area contributed by atoms with Gasteiger partial charge in [-0.2, -0.15) is 0 Å². The van der Waals surface area contributed by atoms with E-state index in [9.17, 15) is 9.90 Å². The fourth-order valence-electron chi connectivity index (χ4n) is 2.24. The Hall–Kier alpha value is -2.33. The fourth-order valence-corrected chi connectivity index (χ4v) is 2.24. The van der Waals surface area contributed by atoms with E-state index in [1.165, 1.54) is 0 Å². The summed E-state index contributed by atoms with van der Waals surface area (Å²) in [6.07, 6.45) is 0. The van der Waals surface area contributed by atoms with Crippen LogP contribution in [0.25, 0.3) is 0 Å². The van der Waals surface area contributed by atoms with Crippen molar-refractivity contribution in [2.75, 3.05) is 7.11 Å². The second-order valence-electron chi connectivity index (χ2n) is 4.87. The SMILES string of the molecule is COc1ccc(C(NCc2ccccc2)C(=O)O)cc1C. The number of aryl methyl sites for hydroxylation is 1. The van der Waals surface area contributed by atoms with Gasteiger partial charge in [0.25, 0.3) is 0 Å². The molecule has 110 valence electrons. The summed E-state index contributed by atoms with van der Waals surface area (Å²) in [5, 5.41) is 12.5. The largest absolute Gasteiger partial charge is 0.496 e. The maximum atomic E-state index is 11.5. The summed E-state index contributed by atoms with van der Waals surface area (Å²) in [6, 6.07) is 14.4. The van der Waals surface area contributed by atoms with Crippen LogP contribution in [-0.4, -0.2) is 18.2 Å². The molecule has 0 radical (unpaired) electrons. The third kappa shape index (κ3) is 3.83. The molecule has 0 spiro atoms. The molecule has 2 N–H and O–H groups in total. The van der Waals surface area contributed by atoms with Crippen LogP contribution in [0.4, 0.5) is 0 Å². The molecule has 0 aliphatic rings. The molecule has 4 nitrogen and oxygen atoms in total. The highest BCUT2D eigenvalue weighted by Crippen LogP contribution is 2.23. The van der Waals surface area contributed by atoms with Crippen molar-refractivity contribution in [2.24, 2.45) is 0 Å². The van der Waals surface area contributed by atoms with Crippen molar-refractivity contribution < 1.29 is 14.6 Å². The predicted octanol–water partition coefficient (Wildman–Crippen LogP) is 2.92. The number of carboxylic acid groups (broad SMARTS) is 1. The lowest BCUT2D eigenvalue weighted by molar-refractivity contribution is -0.139. The first-order valence-corrected chi connectivity index (χ1v) is 6.76. The van der Waals surface area contributed by atoms with Gasteiger partial charge in [0.05, 0.1) is 7.11 Å². The number of aliphatic carboxylic acids is 1. The van der Waals surface area contributed by atoms with Gasteiger partial charge >= 0.3 is 5.97 Å². The van der Waals surface area contributed by atoms with Gasteiger partial charge in [0, 0.05) is 6.54 Å². The highest BCUT2D eigenvalue weighted by atomic mass is 16.5. The van der Waals surface area contributed by atoms with Crippen molar-refractivity contribution in [3.63, 3.8) is 0 Å². The molecule has 0 saturated heterocycles. The van der Waals surface area contributed by atoms with Gasteiger partial charge in [0.1, 0.15) is 11.8 Å². The second-order valence-corrected chi connectivity index (χ2v) is 4.87. The summed E-state index contributed by atoms with van der Waals surface area (Å²) >= 11 is 0. The van der Waals surface area contributed by atoms with Crippen LogP contribution in [0.2, 0.25) is 0 Å². The Bertz CT molecular complexity index is 611. The van der Waals surface area contributed by atoms with E-state index in [0.717, 1.165) is 22.4 Å². The molecule has 1 atom stereocenters. The lowest BCUT2D eigenvalue weighted by atomic mass is 10.0. The summed E-state index contributed by atoms with van der Waals surface area (Å²) in [5.41, 5.74) is 2.69. The van der Waals surface area contributed by atoms with Gasteiger partial charge in [-0.25, -0.2) is 0 Å². The van der Waals surface area contributed by atoms with Gasteiger partial charge in [-0.3, -0.25) is 10.1 Å². The Labute approximate surface area is 124 Å². The van der Waals surface area contributed by atoms with Crippen LogP contribution < -0.4 is 10.1 Å². The fraction of sp³-hybridized carbons (Fsp3) is 0.235. The number of methoxy groups -OCH3 is 1. The number of nitrogens with one attached hydrogen (secondary N) is 1. The summed E-state index contributed by atoms with van der Waals surface area (Å²) in [5.74, 6) is -0.138. The summed E-state index contributed by atoms with van der Waals surface area (Å²) in [6.45, 7) is 2.40. The van der Waals surface area contributed by atoms with E-state index in [-0.39, 0.29) is 0 Å². The molecule has 0 aromatic heterocycles. The summed E-state index contributed by atoms with van der Waals surface area (Å²) in [7, 11) is 1.60. The first kappa shape index (κ1) is 15.1. The van der Waals surface area contributed by atoms with Crippen molar-refractivity contribution in [1.82, 2.24) is 5.32 Å². The molecule has 2 aromatic carbocycles. The van der Waals surface area contributed by atoms with Crippen molar-refractivity contribution in [1.29, 1.82) is 0 Å². The molecule has 0 aliphatic heterocycles. The maximum absolute atomic E-state index is 11.5. The quantitative estimate of drug-likeness (QED) is 0.856. The van der Waals surface area contributed by atoms with Crippen LogP contribution in [0, 0.1) is 6.92 Å². The molecule has 2 rings (SSSR count). The van der Waals surface area contributed by atoms with E-state index in [1.807, 2.05) is 43.3 Å². The minimum absolute atomic E-state index is 0.503. The molecular formula is C17H19NO3. The number of rotatable bonds is 6. The Morgan fingerprint density at radius 2 is 1.95 bits per heavy atom. The third-order valence-corrected chi connectivity index (χ3v) is 3.35. The molecule has 0 aliphatic carbocycles. The molecule has 0 heterocycles. The van der Waals surface area contributed by atoms with Crippen molar-refractivity contribution in [3.8, 4) is 5.75 Å². The van der Waals surface area contributed by atoms with Crippen molar-refractivity contribution in [2.45, 2.75) is 19.5 Å². The normalized spacial score (nSPS) is 11.9. The van der Waals surface area contributed by atoms with Gasteiger partial charge < -0.3 is 9.84 Å². The monoisotopic (exact) mass is 285 g/mol. The van der Waals surface area contributed by atoms with Gasteiger partial charge in [-0.05, 0) is 29.7 Å². The molecule has 21 heavy (non-hydrogen) atoms. The number of hydrogen-bond acceptors (Lipinski definition) is 3. The average Bonchev–Trinajstić information content (AvgIpc) is 2.48. The Morgan fingerprint density at radius 3 is 2.52 bits per heavy atom. The van der Waals surface area contributed by atoms with Crippen LogP contribution in [0.15, 0.2) is 48.5 Å². The molecule has 4 heteroatoms. The van der Waals surface area contributed by atoms with Gasteiger partial charge in [0.2, 0.25) is 0 Å². The van der Waals surface area contributed by atoms with Gasteiger partial charge in [0.15, 0.2) is 0 Å². The number of carbonyl (C=O) groups is 1. The smallest absolute Gasteiger partial charge is 0.325 e. The first-order chi connectivity index (χ1) is 10.1. The molecular weight excluding hydrogens is 266 g/mol. The van der Waals surface area contributed by atoms with E-state index in [4.69, 9.17) is 4.74 Å². The minimum Gasteiger partial charge on any atom is -0.496 e. The van der Waals surface area contributed by atoms with Crippen LogP contribution >= 0.6 is 0 Å². The average molecular weight is 285 g/mol. The van der Waals surface area contributed by atoms with Crippen LogP contribution in [-0.2, 0) is 11.3 Å². The molecule has 0 fully saturated rings. The first-order valence-electron chi connectivity index (χ1n) is 6.76. The zero-order valence-electron chi connectivity index (χ0n) is 12.2. The van der Waals surface area contributed by atoms with Crippen LogP contribution in [0.3, 0.4) is 0 Å². The number of benzene rings is 2. The summed E-state index contributed by atoms with van der Waals surface area (Å²) in [4.78, 5) is 11.5. The topological polar surface area (TPSA) is 58.6 Å². The zero-order valence-corrected chi connectivity index (χ0v) is 12.2. The predicted molar refractivity (Wildman–Crippen MR) is 81.4 cm³/mol. The zero-order chi connectivity index (χ0) is 15.2. The minimum atomic E-state index is -0.893. The third-order valence-electron chi connectivity index (χ3n) is 3.35. The molecule has 1 unspecified atom stereocenters. The molecule has 0 amide bonds. The van der Waals surface area contributed by atoms with Gasteiger partial charge in [-0.15, -0.1) is 0 Å². The van der Waals surface area contributed by atoms with E-state index < -0.39 is 12.0 Å². The number of hydrogen-bond donors (Lipinski definition) is 2. The van der Waals surface area contributed by atoms with Gasteiger partial charge in [-0.1, -0.05) is 42.5 Å². The summed E-state index contributed by atoms with van der Waals surface area (Å²) < 4.78 is 5.20. The highest BCUT2D eigenvalue weighted by molar-refractivity contribution is 5.75. The Balaban J connectivity index is 2.15. The number of ether oxygens (including phenoxy) is 1. The van der Waals surface area contributed by atoms with Crippen molar-refractivity contribution in [3.05, 3.63) is 65.2 Å². The van der Waals surface area contributed by atoms with E-state index in [1.54, 1.807) is 19.2 Å². The maximum Gasteiger partial charge on any atom is 0.325 e. The van der Waals surface area contributed by atoms with E-state index in [2.05, 4.69) is 5.32 Å². The Kier molecular flexibility index (Phi) is 4.95.